The molecule has 0 radical (unpaired) electrons. The molecule has 2 heterocycles. The van der Waals surface area contributed by atoms with Crippen molar-refractivity contribution in [1.82, 2.24) is 20.0 Å². The standard InChI is InChI=1S/C20H21ClN4O/c1-24-17-9-5-8-15(21)19(17)16(23-24)13-25-11-10-22-20(26)18(25)12-14-6-3-2-4-7-14/h2-9,18H,10-13H2,1H3,(H,22,26)/t18-/m0/s1. The number of carbonyl (C=O) groups is 1. The van der Waals surface area contributed by atoms with E-state index in [1.807, 2.05) is 48.1 Å². The molecule has 0 unspecified atom stereocenters. The molecule has 4 rings (SSSR count). The van der Waals surface area contributed by atoms with Crippen LogP contribution in [0.15, 0.2) is 48.5 Å². The third-order valence-corrected chi connectivity index (χ3v) is 5.28. The van der Waals surface area contributed by atoms with Gasteiger partial charge in [0.1, 0.15) is 0 Å². The van der Waals surface area contributed by atoms with Crippen LogP contribution in [0.2, 0.25) is 5.02 Å². The number of fused-ring (bicyclic) bond motifs is 1. The quantitative estimate of drug-likeness (QED) is 0.770. The predicted molar refractivity (Wildman–Crippen MR) is 103 cm³/mol. The lowest BCUT2D eigenvalue weighted by atomic mass is 10.0. The Morgan fingerprint density at radius 1 is 1.19 bits per heavy atom. The number of hydrogen-bond donors (Lipinski definition) is 1. The van der Waals surface area contributed by atoms with Crippen molar-refractivity contribution in [1.29, 1.82) is 0 Å². The second-order valence-electron chi connectivity index (χ2n) is 6.67. The first kappa shape index (κ1) is 17.1. The summed E-state index contributed by atoms with van der Waals surface area (Å²) in [5, 5.41) is 9.33. The molecule has 26 heavy (non-hydrogen) atoms. The Balaban J connectivity index is 1.64. The molecule has 0 bridgehead atoms. The van der Waals surface area contributed by atoms with Gasteiger partial charge in [-0.25, -0.2) is 0 Å². The molecule has 1 fully saturated rings. The van der Waals surface area contributed by atoms with Crippen molar-refractivity contribution in [3.05, 3.63) is 64.8 Å². The van der Waals surface area contributed by atoms with Crippen molar-refractivity contribution in [2.75, 3.05) is 13.1 Å². The number of halogens is 1. The summed E-state index contributed by atoms with van der Waals surface area (Å²) in [6.45, 7) is 2.06. The summed E-state index contributed by atoms with van der Waals surface area (Å²) in [4.78, 5) is 14.7. The van der Waals surface area contributed by atoms with E-state index in [0.29, 0.717) is 24.5 Å². The van der Waals surface area contributed by atoms with Crippen LogP contribution in [0.4, 0.5) is 0 Å². The van der Waals surface area contributed by atoms with E-state index >= 15 is 0 Å². The monoisotopic (exact) mass is 368 g/mol. The van der Waals surface area contributed by atoms with Crippen LogP contribution in [0, 0.1) is 0 Å². The molecule has 134 valence electrons. The average Bonchev–Trinajstić information content (AvgIpc) is 2.96. The topological polar surface area (TPSA) is 50.2 Å². The van der Waals surface area contributed by atoms with Gasteiger partial charge in [0.2, 0.25) is 5.91 Å². The smallest absolute Gasteiger partial charge is 0.237 e. The van der Waals surface area contributed by atoms with Crippen LogP contribution in [0.5, 0.6) is 0 Å². The van der Waals surface area contributed by atoms with Crippen LogP contribution in [-0.2, 0) is 24.8 Å². The average molecular weight is 369 g/mol. The first-order chi connectivity index (χ1) is 12.6. The van der Waals surface area contributed by atoms with Gasteiger partial charge in [-0.05, 0) is 24.1 Å². The molecule has 6 heteroatoms. The Morgan fingerprint density at radius 2 is 2.00 bits per heavy atom. The summed E-state index contributed by atoms with van der Waals surface area (Å²) >= 11 is 6.44. The molecule has 1 aliphatic heterocycles. The Kier molecular flexibility index (Phi) is 4.66. The van der Waals surface area contributed by atoms with Gasteiger partial charge >= 0.3 is 0 Å². The lowest BCUT2D eigenvalue weighted by Crippen LogP contribution is -2.55. The number of benzene rings is 2. The van der Waals surface area contributed by atoms with E-state index in [1.165, 1.54) is 0 Å². The van der Waals surface area contributed by atoms with Gasteiger partial charge in [-0.15, -0.1) is 0 Å². The number of amides is 1. The molecule has 5 nitrogen and oxygen atoms in total. The molecule has 1 N–H and O–H groups in total. The highest BCUT2D eigenvalue weighted by Crippen LogP contribution is 2.28. The normalized spacial score (nSPS) is 18.2. The molecule has 1 atom stereocenters. The number of aryl methyl sites for hydroxylation is 1. The Bertz CT molecular complexity index is 938. The zero-order valence-electron chi connectivity index (χ0n) is 14.7. The van der Waals surface area contributed by atoms with E-state index in [4.69, 9.17) is 11.6 Å². The van der Waals surface area contributed by atoms with Gasteiger partial charge in [0.25, 0.3) is 0 Å². The van der Waals surface area contributed by atoms with Crippen LogP contribution < -0.4 is 5.32 Å². The molecule has 0 spiro atoms. The maximum absolute atomic E-state index is 12.5. The van der Waals surface area contributed by atoms with Gasteiger partial charge in [0.15, 0.2) is 0 Å². The fourth-order valence-corrected chi connectivity index (χ4v) is 3.95. The molecule has 3 aromatic rings. The zero-order valence-corrected chi connectivity index (χ0v) is 15.4. The van der Waals surface area contributed by atoms with Gasteiger partial charge in [-0.2, -0.15) is 5.10 Å². The number of hydrogen-bond acceptors (Lipinski definition) is 3. The maximum Gasteiger partial charge on any atom is 0.237 e. The summed E-state index contributed by atoms with van der Waals surface area (Å²) in [6, 6.07) is 15.8. The van der Waals surface area contributed by atoms with Gasteiger partial charge in [-0.3, -0.25) is 14.4 Å². The largest absolute Gasteiger partial charge is 0.353 e. The highest BCUT2D eigenvalue weighted by Gasteiger charge is 2.31. The summed E-state index contributed by atoms with van der Waals surface area (Å²) in [5.74, 6) is 0.0754. The lowest BCUT2D eigenvalue weighted by molar-refractivity contribution is -0.129. The minimum atomic E-state index is -0.203. The zero-order chi connectivity index (χ0) is 18.1. The fraction of sp³-hybridized carbons (Fsp3) is 0.300. The van der Waals surface area contributed by atoms with Crippen molar-refractivity contribution in [3.63, 3.8) is 0 Å². The van der Waals surface area contributed by atoms with Crippen molar-refractivity contribution >= 4 is 28.4 Å². The molecule has 0 saturated carbocycles. The SMILES string of the molecule is Cn1nc(CN2CCNC(=O)[C@@H]2Cc2ccccc2)c2c(Cl)cccc21. The summed E-state index contributed by atoms with van der Waals surface area (Å²) in [7, 11) is 1.92. The molecule has 0 aliphatic carbocycles. The highest BCUT2D eigenvalue weighted by molar-refractivity contribution is 6.35. The lowest BCUT2D eigenvalue weighted by Gasteiger charge is -2.34. The van der Waals surface area contributed by atoms with Crippen molar-refractivity contribution in [3.8, 4) is 0 Å². The second-order valence-corrected chi connectivity index (χ2v) is 7.08. The summed E-state index contributed by atoms with van der Waals surface area (Å²) in [5.41, 5.74) is 3.08. The first-order valence-electron chi connectivity index (χ1n) is 8.79. The predicted octanol–water partition coefficient (Wildman–Crippen LogP) is 2.77. The van der Waals surface area contributed by atoms with E-state index in [2.05, 4.69) is 27.4 Å². The number of carbonyl (C=O) groups excluding carboxylic acids is 1. The van der Waals surface area contributed by atoms with E-state index in [-0.39, 0.29) is 11.9 Å². The van der Waals surface area contributed by atoms with Gasteiger partial charge in [0.05, 0.1) is 22.3 Å². The van der Waals surface area contributed by atoms with E-state index in [9.17, 15) is 4.79 Å². The molecule has 1 saturated heterocycles. The number of nitrogens with one attached hydrogen (secondary N) is 1. The van der Waals surface area contributed by atoms with E-state index in [1.54, 1.807) is 0 Å². The van der Waals surface area contributed by atoms with Gasteiger partial charge < -0.3 is 5.32 Å². The minimum absolute atomic E-state index is 0.0754. The third kappa shape index (κ3) is 3.20. The molecule has 1 amide bonds. The number of piperazine rings is 1. The Labute approximate surface area is 157 Å². The number of rotatable bonds is 4. The van der Waals surface area contributed by atoms with Gasteiger partial charge in [0, 0.05) is 32.1 Å². The molecule has 1 aromatic heterocycles. The van der Waals surface area contributed by atoms with Crippen molar-refractivity contribution in [2.45, 2.75) is 19.0 Å². The third-order valence-electron chi connectivity index (χ3n) is 4.97. The number of aromatic nitrogens is 2. The van der Waals surface area contributed by atoms with Crippen molar-refractivity contribution in [2.24, 2.45) is 7.05 Å². The maximum atomic E-state index is 12.5. The van der Waals surface area contributed by atoms with Crippen LogP contribution in [0.25, 0.3) is 10.9 Å². The Hall–Kier alpha value is -2.37. The van der Waals surface area contributed by atoms with E-state index in [0.717, 1.165) is 28.7 Å². The summed E-state index contributed by atoms with van der Waals surface area (Å²) < 4.78 is 1.85. The number of nitrogens with zero attached hydrogens (tertiary/aromatic N) is 3. The Morgan fingerprint density at radius 3 is 2.81 bits per heavy atom. The van der Waals surface area contributed by atoms with Gasteiger partial charge in [-0.1, -0.05) is 48.0 Å². The summed E-state index contributed by atoms with van der Waals surface area (Å²) in [6.07, 6.45) is 0.686. The second kappa shape index (κ2) is 7.09. The van der Waals surface area contributed by atoms with Crippen LogP contribution in [-0.4, -0.2) is 39.7 Å². The first-order valence-corrected chi connectivity index (χ1v) is 9.17. The molecule has 1 aliphatic rings. The van der Waals surface area contributed by atoms with Crippen LogP contribution >= 0.6 is 11.6 Å². The minimum Gasteiger partial charge on any atom is -0.353 e. The van der Waals surface area contributed by atoms with E-state index < -0.39 is 0 Å². The molecular formula is C20H21ClN4O. The van der Waals surface area contributed by atoms with Crippen molar-refractivity contribution < 1.29 is 4.79 Å². The fourth-order valence-electron chi connectivity index (χ4n) is 3.67. The molecular weight excluding hydrogens is 348 g/mol. The van der Waals surface area contributed by atoms with Crippen LogP contribution in [0.3, 0.4) is 0 Å². The highest BCUT2D eigenvalue weighted by atomic mass is 35.5. The van der Waals surface area contributed by atoms with Crippen LogP contribution in [0.1, 0.15) is 11.3 Å². The molecule has 2 aromatic carbocycles.